The molecule has 2 aromatic carbocycles. The molecule has 0 amide bonds. The summed E-state index contributed by atoms with van der Waals surface area (Å²) in [5.74, 6) is 1.67. The van der Waals surface area contributed by atoms with Crippen molar-refractivity contribution in [3.63, 3.8) is 0 Å². The number of hydrogen-bond donors (Lipinski definition) is 1. The highest BCUT2D eigenvalue weighted by Crippen LogP contribution is 2.39. The number of ether oxygens (including phenoxy) is 2. The zero-order valence-electron chi connectivity index (χ0n) is 17.2. The first-order valence-corrected chi connectivity index (χ1v) is 10.2. The maximum atomic E-state index is 13.4. The lowest BCUT2D eigenvalue weighted by atomic mass is 9.75. The quantitative estimate of drug-likeness (QED) is 0.625. The lowest BCUT2D eigenvalue weighted by molar-refractivity contribution is -0.0771. The van der Waals surface area contributed by atoms with E-state index in [4.69, 9.17) is 9.47 Å². The van der Waals surface area contributed by atoms with E-state index in [-0.39, 0.29) is 11.4 Å². The number of nitrogens with one attached hydrogen (secondary N) is 1. The summed E-state index contributed by atoms with van der Waals surface area (Å²) in [5, 5.41) is 3.56. The summed E-state index contributed by atoms with van der Waals surface area (Å²) in [5.41, 5.74) is 2.39. The maximum absolute atomic E-state index is 13.4. The molecular weight excluding hydrogens is 353 g/mol. The summed E-state index contributed by atoms with van der Waals surface area (Å²) in [6.07, 6.45) is 3.13. The number of halogens is 1. The Labute approximate surface area is 168 Å². The summed E-state index contributed by atoms with van der Waals surface area (Å²) in [4.78, 5) is 0. The van der Waals surface area contributed by atoms with Crippen LogP contribution in [0.15, 0.2) is 48.5 Å². The van der Waals surface area contributed by atoms with Crippen molar-refractivity contribution in [3.05, 3.63) is 65.5 Å². The second kappa shape index (κ2) is 9.53. The molecule has 1 heterocycles. The smallest absolute Gasteiger partial charge is 0.123 e. The molecule has 0 saturated carbocycles. The van der Waals surface area contributed by atoms with Crippen LogP contribution in [0.5, 0.6) is 5.75 Å². The molecule has 0 aliphatic carbocycles. The predicted octanol–water partition coefficient (Wildman–Crippen LogP) is 5.30. The first-order chi connectivity index (χ1) is 13.5. The SMILES string of the molecule is COc1ccc(CNCC[C@@H](c2ccc(F)cc2)[C@H]2CCOC(C)(C)C2)cc1. The first kappa shape index (κ1) is 20.8. The monoisotopic (exact) mass is 385 g/mol. The average molecular weight is 386 g/mol. The van der Waals surface area contributed by atoms with Gasteiger partial charge in [-0.3, -0.25) is 0 Å². The molecule has 0 aromatic heterocycles. The van der Waals surface area contributed by atoms with Crippen LogP contribution in [0.4, 0.5) is 4.39 Å². The lowest BCUT2D eigenvalue weighted by Gasteiger charge is -2.39. The molecule has 0 radical (unpaired) electrons. The molecule has 1 aliphatic heterocycles. The van der Waals surface area contributed by atoms with Crippen molar-refractivity contribution in [1.82, 2.24) is 5.32 Å². The molecule has 3 nitrogen and oxygen atoms in total. The first-order valence-electron chi connectivity index (χ1n) is 10.2. The van der Waals surface area contributed by atoms with E-state index in [1.165, 1.54) is 11.1 Å². The molecule has 0 spiro atoms. The van der Waals surface area contributed by atoms with Crippen molar-refractivity contribution >= 4 is 0 Å². The van der Waals surface area contributed by atoms with E-state index in [1.807, 2.05) is 24.3 Å². The topological polar surface area (TPSA) is 30.5 Å². The maximum Gasteiger partial charge on any atom is 0.123 e. The largest absolute Gasteiger partial charge is 0.497 e. The third-order valence-corrected chi connectivity index (χ3v) is 5.72. The van der Waals surface area contributed by atoms with Crippen LogP contribution in [0.2, 0.25) is 0 Å². The second-order valence-electron chi connectivity index (χ2n) is 8.33. The van der Waals surface area contributed by atoms with Crippen LogP contribution in [0.25, 0.3) is 0 Å². The minimum absolute atomic E-state index is 0.0856. The molecular formula is C24H32FNO2. The molecule has 1 saturated heterocycles. The van der Waals surface area contributed by atoms with Crippen LogP contribution >= 0.6 is 0 Å². The highest BCUT2D eigenvalue weighted by atomic mass is 19.1. The summed E-state index contributed by atoms with van der Waals surface area (Å²) < 4.78 is 24.5. The van der Waals surface area contributed by atoms with Gasteiger partial charge in [0.2, 0.25) is 0 Å². The predicted molar refractivity (Wildman–Crippen MR) is 111 cm³/mol. The Morgan fingerprint density at radius 3 is 2.50 bits per heavy atom. The fourth-order valence-corrected chi connectivity index (χ4v) is 4.24. The van der Waals surface area contributed by atoms with E-state index in [0.717, 1.165) is 44.7 Å². The van der Waals surface area contributed by atoms with Gasteiger partial charge in [0.25, 0.3) is 0 Å². The van der Waals surface area contributed by atoms with Crippen LogP contribution in [0, 0.1) is 11.7 Å². The fraction of sp³-hybridized carbons (Fsp3) is 0.500. The number of methoxy groups -OCH3 is 1. The number of rotatable bonds is 8. The Hall–Kier alpha value is -1.91. The lowest BCUT2D eigenvalue weighted by Crippen LogP contribution is -2.36. The van der Waals surface area contributed by atoms with Gasteiger partial charge in [0, 0.05) is 13.2 Å². The zero-order chi connectivity index (χ0) is 20.0. The van der Waals surface area contributed by atoms with Gasteiger partial charge in [-0.2, -0.15) is 0 Å². The third-order valence-electron chi connectivity index (χ3n) is 5.72. The van der Waals surface area contributed by atoms with Crippen LogP contribution in [-0.2, 0) is 11.3 Å². The van der Waals surface area contributed by atoms with Crippen LogP contribution < -0.4 is 10.1 Å². The van der Waals surface area contributed by atoms with Crippen molar-refractivity contribution in [2.45, 2.75) is 51.2 Å². The third kappa shape index (κ3) is 5.79. The Bertz CT molecular complexity index is 727. The normalized spacial score (nSPS) is 19.9. The Morgan fingerprint density at radius 1 is 1.14 bits per heavy atom. The van der Waals surface area contributed by atoms with Crippen LogP contribution in [-0.4, -0.2) is 25.9 Å². The molecule has 0 unspecified atom stereocenters. The summed E-state index contributed by atoms with van der Waals surface area (Å²) in [7, 11) is 1.68. The molecule has 152 valence electrons. The summed E-state index contributed by atoms with van der Waals surface area (Å²) in [6, 6.07) is 15.2. The van der Waals surface area contributed by atoms with Gasteiger partial charge in [0.15, 0.2) is 0 Å². The molecule has 2 atom stereocenters. The summed E-state index contributed by atoms with van der Waals surface area (Å²) in [6.45, 7) is 6.89. The molecule has 2 aromatic rings. The zero-order valence-corrected chi connectivity index (χ0v) is 17.2. The van der Waals surface area contributed by atoms with Crippen molar-refractivity contribution in [2.75, 3.05) is 20.3 Å². The van der Waals surface area contributed by atoms with Crippen molar-refractivity contribution < 1.29 is 13.9 Å². The van der Waals surface area contributed by atoms with Gasteiger partial charge in [-0.15, -0.1) is 0 Å². The Morgan fingerprint density at radius 2 is 1.86 bits per heavy atom. The number of hydrogen-bond acceptors (Lipinski definition) is 3. The van der Waals surface area contributed by atoms with E-state index in [0.29, 0.717) is 11.8 Å². The van der Waals surface area contributed by atoms with Gasteiger partial charge >= 0.3 is 0 Å². The van der Waals surface area contributed by atoms with E-state index in [2.05, 4.69) is 31.3 Å². The van der Waals surface area contributed by atoms with Crippen molar-refractivity contribution in [3.8, 4) is 5.75 Å². The van der Waals surface area contributed by atoms with Gasteiger partial charge in [-0.05, 0) is 86.9 Å². The molecule has 1 aliphatic rings. The van der Waals surface area contributed by atoms with Gasteiger partial charge in [-0.1, -0.05) is 24.3 Å². The average Bonchev–Trinajstić information content (AvgIpc) is 2.69. The molecule has 1 N–H and O–H groups in total. The van der Waals surface area contributed by atoms with Gasteiger partial charge in [0.05, 0.1) is 12.7 Å². The summed E-state index contributed by atoms with van der Waals surface area (Å²) >= 11 is 0. The molecule has 28 heavy (non-hydrogen) atoms. The second-order valence-corrected chi connectivity index (χ2v) is 8.33. The minimum atomic E-state index is -0.174. The highest BCUT2D eigenvalue weighted by molar-refractivity contribution is 5.27. The Kier molecular flexibility index (Phi) is 7.08. The Balaban J connectivity index is 1.61. The van der Waals surface area contributed by atoms with Gasteiger partial charge in [0.1, 0.15) is 11.6 Å². The number of benzene rings is 2. The van der Waals surface area contributed by atoms with E-state index < -0.39 is 0 Å². The van der Waals surface area contributed by atoms with E-state index in [1.54, 1.807) is 19.2 Å². The molecule has 1 fully saturated rings. The van der Waals surface area contributed by atoms with E-state index >= 15 is 0 Å². The van der Waals surface area contributed by atoms with Gasteiger partial charge in [-0.25, -0.2) is 4.39 Å². The molecule has 0 bridgehead atoms. The van der Waals surface area contributed by atoms with Gasteiger partial charge < -0.3 is 14.8 Å². The van der Waals surface area contributed by atoms with E-state index in [9.17, 15) is 4.39 Å². The molecule has 4 heteroatoms. The highest BCUT2D eigenvalue weighted by Gasteiger charge is 2.33. The molecule has 3 rings (SSSR count). The van der Waals surface area contributed by atoms with Crippen molar-refractivity contribution in [2.24, 2.45) is 5.92 Å². The minimum Gasteiger partial charge on any atom is -0.497 e. The van der Waals surface area contributed by atoms with Crippen LogP contribution in [0.1, 0.15) is 50.2 Å². The van der Waals surface area contributed by atoms with Crippen LogP contribution in [0.3, 0.4) is 0 Å². The van der Waals surface area contributed by atoms with Crippen molar-refractivity contribution in [1.29, 1.82) is 0 Å². The fourth-order valence-electron chi connectivity index (χ4n) is 4.24. The standard InChI is InChI=1S/C24H32FNO2/c1-24(2)16-20(13-15-28-24)23(19-6-8-21(25)9-7-19)12-14-26-17-18-4-10-22(27-3)11-5-18/h4-11,20,23,26H,12-17H2,1-3H3/t20-,23-/m0/s1.